The predicted molar refractivity (Wildman–Crippen MR) is 84.9 cm³/mol. The number of fused-ring (bicyclic) bond motifs is 2. The Balaban J connectivity index is 1.52. The van der Waals surface area contributed by atoms with Crippen molar-refractivity contribution in [2.24, 2.45) is 0 Å². The maximum Gasteiger partial charge on any atom is 0.265 e. The number of ether oxygens (including phenoxy) is 1. The fourth-order valence-electron chi connectivity index (χ4n) is 2.69. The van der Waals surface area contributed by atoms with Crippen LogP contribution in [-0.4, -0.2) is 17.0 Å². The van der Waals surface area contributed by atoms with Gasteiger partial charge in [-0.15, -0.1) is 0 Å². The Hall–Kier alpha value is -2.88. The molecule has 2 aromatic carbocycles. The molecule has 0 unspecified atom stereocenters. The van der Waals surface area contributed by atoms with Crippen molar-refractivity contribution in [3.8, 4) is 5.75 Å². The van der Waals surface area contributed by atoms with E-state index in [0.29, 0.717) is 12.1 Å². The van der Waals surface area contributed by atoms with E-state index in [4.69, 9.17) is 4.74 Å². The molecule has 0 saturated heterocycles. The van der Waals surface area contributed by atoms with E-state index in [1.165, 1.54) is 0 Å². The Bertz CT molecular complexity index is 835. The molecule has 0 fully saturated rings. The number of pyridine rings is 1. The minimum Gasteiger partial charge on any atom is -0.480 e. The van der Waals surface area contributed by atoms with Crippen molar-refractivity contribution in [3.63, 3.8) is 0 Å². The SMILES string of the molecule is O=C(Nc1cnc2ccccc2c1)[C@H]1Cc2ccccc2O1. The van der Waals surface area contributed by atoms with Crippen LogP contribution in [0, 0.1) is 0 Å². The molecule has 0 saturated carbocycles. The van der Waals surface area contributed by atoms with Crippen molar-refractivity contribution in [2.45, 2.75) is 12.5 Å². The summed E-state index contributed by atoms with van der Waals surface area (Å²) in [5.41, 5.74) is 2.66. The number of carbonyl (C=O) groups excluding carboxylic acids is 1. The summed E-state index contributed by atoms with van der Waals surface area (Å²) in [6.07, 6.45) is 1.79. The first kappa shape index (κ1) is 12.8. The summed E-state index contributed by atoms with van der Waals surface area (Å²) in [6, 6.07) is 17.5. The molecule has 22 heavy (non-hydrogen) atoms. The Morgan fingerprint density at radius 1 is 1.14 bits per heavy atom. The number of rotatable bonds is 2. The third kappa shape index (κ3) is 2.29. The van der Waals surface area contributed by atoms with Crippen LogP contribution in [0.5, 0.6) is 5.75 Å². The molecule has 1 amide bonds. The van der Waals surface area contributed by atoms with E-state index in [1.807, 2.05) is 54.6 Å². The summed E-state index contributed by atoms with van der Waals surface area (Å²) in [4.78, 5) is 16.7. The van der Waals surface area contributed by atoms with Crippen LogP contribution in [-0.2, 0) is 11.2 Å². The second-order valence-corrected chi connectivity index (χ2v) is 5.32. The molecule has 0 aliphatic carbocycles. The molecule has 1 aromatic heterocycles. The topological polar surface area (TPSA) is 51.2 Å². The summed E-state index contributed by atoms with van der Waals surface area (Å²) >= 11 is 0. The number of hydrogen-bond acceptors (Lipinski definition) is 3. The lowest BCUT2D eigenvalue weighted by Gasteiger charge is -2.11. The summed E-state index contributed by atoms with van der Waals surface area (Å²) < 4.78 is 5.70. The smallest absolute Gasteiger partial charge is 0.265 e. The van der Waals surface area contributed by atoms with Crippen LogP contribution in [0.15, 0.2) is 60.8 Å². The molecule has 3 aromatic rings. The van der Waals surface area contributed by atoms with Gasteiger partial charge in [-0.2, -0.15) is 0 Å². The first-order valence-electron chi connectivity index (χ1n) is 7.20. The van der Waals surface area contributed by atoms with Crippen molar-refractivity contribution in [1.29, 1.82) is 0 Å². The second-order valence-electron chi connectivity index (χ2n) is 5.32. The lowest BCUT2D eigenvalue weighted by Crippen LogP contribution is -2.31. The average Bonchev–Trinajstić information content (AvgIpc) is 2.99. The summed E-state index contributed by atoms with van der Waals surface area (Å²) in [5, 5.41) is 3.88. The van der Waals surface area contributed by atoms with Crippen LogP contribution >= 0.6 is 0 Å². The van der Waals surface area contributed by atoms with Gasteiger partial charge in [0.15, 0.2) is 6.10 Å². The van der Waals surface area contributed by atoms with Crippen LogP contribution in [0.3, 0.4) is 0 Å². The molecular formula is C18H14N2O2. The van der Waals surface area contributed by atoms with E-state index >= 15 is 0 Å². The maximum atomic E-state index is 12.4. The predicted octanol–water partition coefficient (Wildman–Crippen LogP) is 3.18. The summed E-state index contributed by atoms with van der Waals surface area (Å²) in [7, 11) is 0. The number of hydrogen-bond donors (Lipinski definition) is 1. The molecule has 0 spiro atoms. The van der Waals surface area contributed by atoms with Crippen molar-refractivity contribution in [3.05, 3.63) is 66.4 Å². The molecule has 0 radical (unpaired) electrons. The quantitative estimate of drug-likeness (QED) is 0.788. The minimum atomic E-state index is -0.483. The highest BCUT2D eigenvalue weighted by molar-refractivity contribution is 5.96. The number of amides is 1. The highest BCUT2D eigenvalue weighted by Gasteiger charge is 2.28. The molecule has 2 heterocycles. The molecule has 4 nitrogen and oxygen atoms in total. The molecule has 4 heteroatoms. The van der Waals surface area contributed by atoms with Gasteiger partial charge in [-0.25, -0.2) is 0 Å². The zero-order valence-corrected chi connectivity index (χ0v) is 11.8. The standard InChI is InChI=1S/C18H14N2O2/c21-18(17-10-13-6-2-4-8-16(13)22-17)20-14-9-12-5-1-3-7-15(12)19-11-14/h1-9,11,17H,10H2,(H,20,21)/t17-/m1/s1. The van der Waals surface area contributed by atoms with E-state index in [-0.39, 0.29) is 5.91 Å². The minimum absolute atomic E-state index is 0.145. The molecule has 4 rings (SSSR count). The van der Waals surface area contributed by atoms with Gasteiger partial charge < -0.3 is 10.1 Å². The molecule has 1 atom stereocenters. The summed E-state index contributed by atoms with van der Waals surface area (Å²) in [5.74, 6) is 0.646. The highest BCUT2D eigenvalue weighted by Crippen LogP contribution is 2.28. The summed E-state index contributed by atoms with van der Waals surface area (Å²) in [6.45, 7) is 0. The van der Waals surface area contributed by atoms with Crippen LogP contribution < -0.4 is 10.1 Å². The van der Waals surface area contributed by atoms with Gasteiger partial charge in [0, 0.05) is 11.8 Å². The normalized spacial score (nSPS) is 16.1. The van der Waals surface area contributed by atoms with Crippen molar-refractivity contribution < 1.29 is 9.53 Å². The van der Waals surface area contributed by atoms with Gasteiger partial charge in [0.2, 0.25) is 0 Å². The van der Waals surface area contributed by atoms with Gasteiger partial charge in [-0.1, -0.05) is 36.4 Å². The third-order valence-corrected chi connectivity index (χ3v) is 3.80. The zero-order chi connectivity index (χ0) is 14.9. The third-order valence-electron chi connectivity index (χ3n) is 3.80. The highest BCUT2D eigenvalue weighted by atomic mass is 16.5. The molecular weight excluding hydrogens is 276 g/mol. The number of anilines is 1. The number of nitrogens with one attached hydrogen (secondary N) is 1. The zero-order valence-electron chi connectivity index (χ0n) is 11.8. The first-order chi connectivity index (χ1) is 10.8. The van der Waals surface area contributed by atoms with Gasteiger partial charge in [0.25, 0.3) is 5.91 Å². The number of para-hydroxylation sites is 2. The van der Waals surface area contributed by atoms with E-state index < -0.39 is 6.10 Å². The van der Waals surface area contributed by atoms with Crippen LogP contribution in [0.2, 0.25) is 0 Å². The first-order valence-corrected chi connectivity index (χ1v) is 7.20. The molecule has 1 aliphatic heterocycles. The van der Waals surface area contributed by atoms with Gasteiger partial charge in [0.05, 0.1) is 17.4 Å². The van der Waals surface area contributed by atoms with Crippen molar-refractivity contribution in [1.82, 2.24) is 4.98 Å². The number of benzene rings is 2. The molecule has 1 aliphatic rings. The van der Waals surface area contributed by atoms with Crippen LogP contribution in [0.4, 0.5) is 5.69 Å². The second kappa shape index (κ2) is 5.15. The van der Waals surface area contributed by atoms with Gasteiger partial charge in [-0.3, -0.25) is 9.78 Å². The van der Waals surface area contributed by atoms with Gasteiger partial charge in [-0.05, 0) is 23.8 Å². The van der Waals surface area contributed by atoms with E-state index in [0.717, 1.165) is 22.2 Å². The van der Waals surface area contributed by atoms with Crippen molar-refractivity contribution in [2.75, 3.05) is 5.32 Å². The lowest BCUT2D eigenvalue weighted by molar-refractivity contribution is -0.122. The largest absolute Gasteiger partial charge is 0.480 e. The monoisotopic (exact) mass is 290 g/mol. The Morgan fingerprint density at radius 3 is 2.86 bits per heavy atom. The van der Waals surface area contributed by atoms with Crippen LogP contribution in [0.1, 0.15) is 5.56 Å². The average molecular weight is 290 g/mol. The van der Waals surface area contributed by atoms with E-state index in [1.54, 1.807) is 6.20 Å². The molecule has 0 bridgehead atoms. The Labute approximate surface area is 127 Å². The fourth-order valence-corrected chi connectivity index (χ4v) is 2.69. The molecule has 1 N–H and O–H groups in total. The van der Waals surface area contributed by atoms with E-state index in [2.05, 4.69) is 10.3 Å². The van der Waals surface area contributed by atoms with E-state index in [9.17, 15) is 4.79 Å². The Kier molecular flexibility index (Phi) is 3.00. The lowest BCUT2D eigenvalue weighted by atomic mass is 10.1. The maximum absolute atomic E-state index is 12.4. The fraction of sp³-hybridized carbons (Fsp3) is 0.111. The van der Waals surface area contributed by atoms with Gasteiger partial charge in [0.1, 0.15) is 5.75 Å². The van der Waals surface area contributed by atoms with Gasteiger partial charge >= 0.3 is 0 Å². The molecule has 108 valence electrons. The number of aromatic nitrogens is 1. The number of carbonyl (C=O) groups is 1. The number of nitrogens with zero attached hydrogens (tertiary/aromatic N) is 1. The van der Waals surface area contributed by atoms with Crippen LogP contribution in [0.25, 0.3) is 10.9 Å². The van der Waals surface area contributed by atoms with Crippen molar-refractivity contribution >= 4 is 22.5 Å². The Morgan fingerprint density at radius 2 is 1.95 bits per heavy atom.